The zero-order chi connectivity index (χ0) is 18.5. The van der Waals surface area contributed by atoms with Gasteiger partial charge in [0, 0.05) is 16.8 Å². The minimum atomic E-state index is -0.654. The minimum absolute atomic E-state index is 0.150. The number of ether oxygens (including phenoxy) is 4. The van der Waals surface area contributed by atoms with Crippen molar-refractivity contribution in [1.82, 2.24) is 0 Å². The van der Waals surface area contributed by atoms with Gasteiger partial charge in [-0.2, -0.15) is 0 Å². The predicted molar refractivity (Wildman–Crippen MR) is 93.8 cm³/mol. The summed E-state index contributed by atoms with van der Waals surface area (Å²) in [5, 5.41) is 3.22. The first-order valence-corrected chi connectivity index (χ1v) is 8.13. The molecule has 1 aliphatic rings. The summed E-state index contributed by atoms with van der Waals surface area (Å²) in [6, 6.07) is 10.0. The Kier molecular flexibility index (Phi) is 5.48. The van der Waals surface area contributed by atoms with E-state index in [9.17, 15) is 9.59 Å². The summed E-state index contributed by atoms with van der Waals surface area (Å²) >= 11 is 5.92. The van der Waals surface area contributed by atoms with Gasteiger partial charge in [-0.25, -0.2) is 4.79 Å². The van der Waals surface area contributed by atoms with Crippen LogP contribution in [0.5, 0.6) is 17.2 Å². The van der Waals surface area contributed by atoms with Gasteiger partial charge in [-0.1, -0.05) is 11.6 Å². The number of anilines is 1. The molecule has 0 bridgehead atoms. The standard InChI is InChI=1S/C18H16ClNO6/c1-11-6-13(3-4-14(11)19)23-9-18(22)24-8-17(21)20-12-2-5-15-16(7-12)26-10-25-15/h2-7H,8-10H2,1H3,(H,20,21). The number of hydrogen-bond acceptors (Lipinski definition) is 6. The first-order valence-electron chi connectivity index (χ1n) is 7.75. The van der Waals surface area contributed by atoms with Gasteiger partial charge in [0.25, 0.3) is 5.91 Å². The van der Waals surface area contributed by atoms with Crippen LogP contribution in [0, 0.1) is 6.92 Å². The fourth-order valence-electron chi connectivity index (χ4n) is 2.21. The van der Waals surface area contributed by atoms with Gasteiger partial charge in [0.15, 0.2) is 24.7 Å². The molecule has 2 aromatic rings. The van der Waals surface area contributed by atoms with Gasteiger partial charge in [0.2, 0.25) is 6.79 Å². The molecule has 0 fully saturated rings. The van der Waals surface area contributed by atoms with Crippen LogP contribution in [-0.2, 0) is 14.3 Å². The first-order chi connectivity index (χ1) is 12.5. The van der Waals surface area contributed by atoms with Crippen molar-refractivity contribution in [3.8, 4) is 17.2 Å². The Morgan fingerprint density at radius 3 is 2.73 bits per heavy atom. The van der Waals surface area contributed by atoms with Crippen molar-refractivity contribution in [2.24, 2.45) is 0 Å². The lowest BCUT2D eigenvalue weighted by Crippen LogP contribution is -2.23. The van der Waals surface area contributed by atoms with Gasteiger partial charge in [-0.15, -0.1) is 0 Å². The average molecular weight is 378 g/mol. The van der Waals surface area contributed by atoms with E-state index in [1.165, 1.54) is 0 Å². The van der Waals surface area contributed by atoms with Crippen LogP contribution in [0.4, 0.5) is 5.69 Å². The van der Waals surface area contributed by atoms with Crippen LogP contribution in [0.2, 0.25) is 5.02 Å². The van der Waals surface area contributed by atoms with Crippen LogP contribution in [0.25, 0.3) is 0 Å². The lowest BCUT2D eigenvalue weighted by molar-refractivity contribution is -0.149. The number of carbonyl (C=O) groups excluding carboxylic acids is 2. The Hall–Kier alpha value is -2.93. The van der Waals surface area contributed by atoms with Gasteiger partial charge in [-0.3, -0.25) is 4.79 Å². The number of hydrogen-bond donors (Lipinski definition) is 1. The molecule has 136 valence electrons. The minimum Gasteiger partial charge on any atom is -0.482 e. The monoisotopic (exact) mass is 377 g/mol. The maximum atomic E-state index is 11.9. The Morgan fingerprint density at radius 2 is 1.92 bits per heavy atom. The van der Waals surface area contributed by atoms with Gasteiger partial charge in [0.1, 0.15) is 5.75 Å². The highest BCUT2D eigenvalue weighted by Crippen LogP contribution is 2.34. The van der Waals surface area contributed by atoms with E-state index in [1.807, 2.05) is 6.92 Å². The van der Waals surface area contributed by atoms with Crippen molar-refractivity contribution in [1.29, 1.82) is 0 Å². The normalized spacial score (nSPS) is 11.8. The molecule has 1 aliphatic heterocycles. The molecule has 2 aromatic carbocycles. The van der Waals surface area contributed by atoms with Crippen LogP contribution in [0.15, 0.2) is 36.4 Å². The number of rotatable bonds is 6. The van der Waals surface area contributed by atoms with Gasteiger partial charge in [0.05, 0.1) is 0 Å². The summed E-state index contributed by atoms with van der Waals surface area (Å²) in [5.74, 6) is 0.530. The van der Waals surface area contributed by atoms with Crippen molar-refractivity contribution >= 4 is 29.2 Å². The number of halogens is 1. The van der Waals surface area contributed by atoms with Crippen LogP contribution in [0.1, 0.15) is 5.56 Å². The molecular weight excluding hydrogens is 362 g/mol. The van der Waals surface area contributed by atoms with E-state index in [2.05, 4.69) is 5.32 Å². The van der Waals surface area contributed by atoms with Crippen molar-refractivity contribution in [3.63, 3.8) is 0 Å². The van der Waals surface area contributed by atoms with Crippen LogP contribution < -0.4 is 19.5 Å². The van der Waals surface area contributed by atoms with Crippen molar-refractivity contribution in [2.75, 3.05) is 25.3 Å². The third-order valence-electron chi connectivity index (χ3n) is 3.51. The Bertz CT molecular complexity index is 838. The van der Waals surface area contributed by atoms with Crippen LogP contribution in [-0.4, -0.2) is 31.9 Å². The molecule has 0 unspecified atom stereocenters. The molecule has 0 spiro atoms. The zero-order valence-electron chi connectivity index (χ0n) is 13.9. The van der Waals surface area contributed by atoms with Crippen molar-refractivity contribution in [3.05, 3.63) is 47.0 Å². The van der Waals surface area contributed by atoms with E-state index < -0.39 is 18.5 Å². The predicted octanol–water partition coefficient (Wildman–Crippen LogP) is 2.94. The molecule has 7 nitrogen and oxygen atoms in total. The van der Waals surface area contributed by atoms with E-state index >= 15 is 0 Å². The molecule has 1 amide bonds. The second-order valence-electron chi connectivity index (χ2n) is 5.48. The maximum absolute atomic E-state index is 11.9. The molecule has 0 aliphatic carbocycles. The topological polar surface area (TPSA) is 83.1 Å². The average Bonchev–Trinajstić information content (AvgIpc) is 3.08. The van der Waals surface area contributed by atoms with Crippen molar-refractivity contribution in [2.45, 2.75) is 6.92 Å². The number of aryl methyl sites for hydroxylation is 1. The fourth-order valence-corrected chi connectivity index (χ4v) is 2.33. The van der Waals surface area contributed by atoms with Gasteiger partial charge < -0.3 is 24.3 Å². The Balaban J connectivity index is 1.42. The molecule has 3 rings (SSSR count). The molecule has 26 heavy (non-hydrogen) atoms. The summed E-state index contributed by atoms with van der Waals surface area (Å²) in [5.41, 5.74) is 1.35. The fraction of sp³-hybridized carbons (Fsp3) is 0.222. The second kappa shape index (κ2) is 7.97. The number of benzene rings is 2. The SMILES string of the molecule is Cc1cc(OCC(=O)OCC(=O)Nc2ccc3c(c2)OCO3)ccc1Cl. The second-order valence-corrected chi connectivity index (χ2v) is 5.88. The van der Waals surface area contributed by atoms with Crippen molar-refractivity contribution < 1.29 is 28.5 Å². The molecule has 0 radical (unpaired) electrons. The highest BCUT2D eigenvalue weighted by molar-refractivity contribution is 6.31. The summed E-state index contributed by atoms with van der Waals surface area (Å²) < 4.78 is 20.6. The number of esters is 1. The van der Waals surface area contributed by atoms with E-state index in [0.717, 1.165) is 5.56 Å². The van der Waals surface area contributed by atoms with Crippen LogP contribution >= 0.6 is 11.6 Å². The molecule has 0 aromatic heterocycles. The van der Waals surface area contributed by atoms with E-state index in [4.69, 9.17) is 30.5 Å². The highest BCUT2D eigenvalue weighted by Gasteiger charge is 2.15. The summed E-state index contributed by atoms with van der Waals surface area (Å²) in [7, 11) is 0. The largest absolute Gasteiger partial charge is 0.482 e. The van der Waals surface area contributed by atoms with E-state index in [-0.39, 0.29) is 13.4 Å². The molecule has 1 N–H and O–H groups in total. The lowest BCUT2D eigenvalue weighted by atomic mass is 10.2. The molecular formula is C18H16ClNO6. The summed E-state index contributed by atoms with van der Waals surface area (Å²) in [6.07, 6.45) is 0. The number of fused-ring (bicyclic) bond motifs is 1. The number of amides is 1. The van der Waals surface area contributed by atoms with E-state index in [1.54, 1.807) is 36.4 Å². The Labute approximate surface area is 154 Å². The zero-order valence-corrected chi connectivity index (χ0v) is 14.7. The van der Waals surface area contributed by atoms with Gasteiger partial charge in [-0.05, 0) is 42.8 Å². The molecule has 8 heteroatoms. The molecule has 0 atom stereocenters. The first kappa shape index (κ1) is 17.9. The number of carbonyl (C=O) groups is 2. The quantitative estimate of drug-likeness (QED) is 0.779. The number of nitrogens with one attached hydrogen (secondary N) is 1. The lowest BCUT2D eigenvalue weighted by Gasteiger charge is -2.09. The van der Waals surface area contributed by atoms with E-state index in [0.29, 0.717) is 28.0 Å². The molecule has 0 saturated heterocycles. The molecule has 0 saturated carbocycles. The third-order valence-corrected chi connectivity index (χ3v) is 3.93. The maximum Gasteiger partial charge on any atom is 0.344 e. The Morgan fingerprint density at radius 1 is 1.12 bits per heavy atom. The van der Waals surface area contributed by atoms with Crippen LogP contribution in [0.3, 0.4) is 0 Å². The molecule has 1 heterocycles. The highest BCUT2D eigenvalue weighted by atomic mass is 35.5. The van der Waals surface area contributed by atoms with Gasteiger partial charge >= 0.3 is 5.97 Å². The summed E-state index contributed by atoms with van der Waals surface area (Å²) in [4.78, 5) is 23.5. The smallest absolute Gasteiger partial charge is 0.344 e. The third kappa shape index (κ3) is 4.58. The summed E-state index contributed by atoms with van der Waals surface area (Å²) in [6.45, 7) is 1.25.